The summed E-state index contributed by atoms with van der Waals surface area (Å²) in [5, 5.41) is 0. The van der Waals surface area contributed by atoms with Gasteiger partial charge in [-0.05, 0) is 25.7 Å². The summed E-state index contributed by atoms with van der Waals surface area (Å²) in [4.78, 5) is 41.2. The minimum absolute atomic E-state index is 0.163. The number of nitrogens with two attached hydrogens (primary N) is 4. The Morgan fingerprint density at radius 2 is 0.417 bits per heavy atom. The molecule has 0 spiro atoms. The molecule has 0 saturated carbocycles. The summed E-state index contributed by atoms with van der Waals surface area (Å²) in [6.07, 6.45) is 31.4. The van der Waals surface area contributed by atoms with Crippen molar-refractivity contribution in [1.82, 2.24) is 0 Å². The van der Waals surface area contributed by atoms with Crippen molar-refractivity contribution in [3.63, 3.8) is 0 Å². The zero-order chi connectivity index (χ0) is 38.1. The van der Waals surface area contributed by atoms with Gasteiger partial charge in [0.1, 0.15) is 0 Å². The van der Waals surface area contributed by atoms with E-state index in [1.54, 1.807) is 0 Å². The zero-order valence-electron chi connectivity index (χ0n) is 32.6. The van der Waals surface area contributed by atoms with Gasteiger partial charge in [0.15, 0.2) is 0 Å². The van der Waals surface area contributed by atoms with Gasteiger partial charge in [-0.1, -0.05) is 156 Å². The molecule has 0 aromatic rings. The van der Waals surface area contributed by atoms with Crippen LogP contribution >= 0.6 is 0 Å². The molecule has 0 fully saturated rings. The van der Waals surface area contributed by atoms with Crippen molar-refractivity contribution in [2.45, 2.75) is 207 Å². The fourth-order valence-corrected chi connectivity index (χ4v) is 4.32. The lowest BCUT2D eigenvalue weighted by Crippen LogP contribution is -2.09. The molecule has 4 amide bonds. The van der Waals surface area contributed by atoms with Crippen molar-refractivity contribution in [2.24, 2.45) is 22.9 Å². The number of unbranched alkanes of at least 4 members (excludes halogenated alkanes) is 20. The summed E-state index contributed by atoms with van der Waals surface area (Å²) < 4.78 is 0. The van der Waals surface area contributed by atoms with E-state index in [1.165, 1.54) is 103 Å². The van der Waals surface area contributed by atoms with E-state index in [2.05, 4.69) is 54.0 Å². The Kier molecular flexibility index (Phi) is 71.7. The van der Waals surface area contributed by atoms with Crippen LogP contribution in [0.3, 0.4) is 0 Å². The number of carbonyl (C=O) groups excluding carboxylic acids is 4. The van der Waals surface area contributed by atoms with Crippen LogP contribution in [0.25, 0.3) is 0 Å². The van der Waals surface area contributed by atoms with Crippen LogP contribution in [0, 0.1) is 0 Å². The average Bonchev–Trinajstić information content (AvgIpc) is 3.06. The Hall–Kier alpha value is -2.64. The van der Waals surface area contributed by atoms with Gasteiger partial charge in [-0.3, -0.25) is 19.2 Å². The molecular formula is C40H84N4O4. The molecule has 0 aliphatic carbocycles. The normalized spacial score (nSPS) is 9.25. The first-order chi connectivity index (χ1) is 23.1. The standard InChI is InChI=1S/2C10H21NO.2C8H17NO.2C2H4/c2*1-2-3-4-5-6-7-8-9-10(11)12;2*1-2-3-4-5-6-7-8(9)10;2*1-2/h2*2-9H2,1H3,(H2,11,12);2*2-7H2,1H3,(H2,9,10);2*1-2H2. The third kappa shape index (κ3) is 90.3. The molecule has 0 aliphatic heterocycles. The predicted octanol–water partition coefficient (Wildman–Crippen LogP) is 10.5. The molecule has 8 heteroatoms. The van der Waals surface area contributed by atoms with E-state index >= 15 is 0 Å². The number of rotatable bonds is 28. The van der Waals surface area contributed by atoms with Gasteiger partial charge in [-0.15, -0.1) is 26.3 Å². The van der Waals surface area contributed by atoms with Gasteiger partial charge >= 0.3 is 0 Å². The summed E-state index contributed by atoms with van der Waals surface area (Å²) in [5.74, 6) is -0.667. The Bertz CT molecular complexity index is 591. The van der Waals surface area contributed by atoms with Gasteiger partial charge in [0, 0.05) is 25.7 Å². The topological polar surface area (TPSA) is 172 Å². The summed E-state index contributed by atoms with van der Waals surface area (Å²) in [5.41, 5.74) is 20.0. The van der Waals surface area contributed by atoms with Crippen LogP contribution < -0.4 is 22.9 Å². The third-order valence-corrected chi connectivity index (χ3v) is 7.11. The van der Waals surface area contributed by atoms with E-state index < -0.39 is 0 Å². The molecule has 0 saturated heterocycles. The molecule has 48 heavy (non-hydrogen) atoms. The minimum Gasteiger partial charge on any atom is -0.370 e. The van der Waals surface area contributed by atoms with Crippen molar-refractivity contribution in [2.75, 3.05) is 0 Å². The third-order valence-electron chi connectivity index (χ3n) is 7.11. The van der Waals surface area contributed by atoms with Crippen LogP contribution in [-0.2, 0) is 19.2 Å². The average molecular weight is 685 g/mol. The quantitative estimate of drug-likeness (QED) is 0.0474. The van der Waals surface area contributed by atoms with E-state index in [0.717, 1.165) is 51.4 Å². The molecule has 0 aliphatic rings. The Morgan fingerprint density at radius 3 is 0.542 bits per heavy atom. The first kappa shape index (κ1) is 57.6. The maximum Gasteiger partial charge on any atom is 0.217 e. The second-order valence-electron chi connectivity index (χ2n) is 11.9. The molecule has 0 bridgehead atoms. The fraction of sp³-hybridized carbons (Fsp3) is 0.800. The van der Waals surface area contributed by atoms with Crippen molar-refractivity contribution in [3.8, 4) is 0 Å². The Labute approximate surface area is 299 Å². The number of carbonyl (C=O) groups is 4. The zero-order valence-corrected chi connectivity index (χ0v) is 32.6. The highest BCUT2D eigenvalue weighted by atomic mass is 16.2. The molecule has 0 atom stereocenters. The van der Waals surface area contributed by atoms with Gasteiger partial charge in [0.2, 0.25) is 23.6 Å². The Balaban J connectivity index is -0.000000118. The number of amides is 4. The SMILES string of the molecule is C=C.C=C.CCCCCCCC(N)=O.CCCCCCCC(N)=O.CCCCCCCCCC(N)=O.CCCCCCCCCC(N)=O. The number of hydrogen-bond acceptors (Lipinski definition) is 4. The monoisotopic (exact) mass is 685 g/mol. The molecule has 0 radical (unpaired) electrons. The van der Waals surface area contributed by atoms with Crippen LogP contribution in [0.4, 0.5) is 0 Å². The molecular weight excluding hydrogens is 600 g/mol. The van der Waals surface area contributed by atoms with E-state index in [4.69, 9.17) is 22.9 Å². The number of primary amides is 4. The smallest absolute Gasteiger partial charge is 0.217 e. The highest BCUT2D eigenvalue weighted by Gasteiger charge is 1.96. The van der Waals surface area contributed by atoms with E-state index in [-0.39, 0.29) is 23.6 Å². The Morgan fingerprint density at radius 1 is 0.292 bits per heavy atom. The summed E-state index contributed by atoms with van der Waals surface area (Å²) in [7, 11) is 0. The van der Waals surface area contributed by atoms with Gasteiger partial charge < -0.3 is 22.9 Å². The van der Waals surface area contributed by atoms with E-state index in [1.807, 2.05) is 0 Å². The lowest BCUT2D eigenvalue weighted by molar-refractivity contribution is -0.119. The maximum atomic E-state index is 10.4. The summed E-state index contributed by atoms with van der Waals surface area (Å²) >= 11 is 0. The highest BCUT2D eigenvalue weighted by Crippen LogP contribution is 2.09. The van der Waals surface area contributed by atoms with Gasteiger partial charge in [0.25, 0.3) is 0 Å². The molecule has 0 aromatic carbocycles. The van der Waals surface area contributed by atoms with Crippen molar-refractivity contribution in [3.05, 3.63) is 26.3 Å². The maximum absolute atomic E-state index is 10.4. The van der Waals surface area contributed by atoms with E-state index in [9.17, 15) is 19.2 Å². The van der Waals surface area contributed by atoms with Crippen LogP contribution in [-0.4, -0.2) is 23.6 Å². The fourth-order valence-electron chi connectivity index (χ4n) is 4.32. The van der Waals surface area contributed by atoms with Gasteiger partial charge in [-0.25, -0.2) is 0 Å². The number of hydrogen-bond donors (Lipinski definition) is 4. The second kappa shape index (κ2) is 59.8. The molecule has 8 nitrogen and oxygen atoms in total. The molecule has 0 unspecified atom stereocenters. The molecule has 0 heterocycles. The molecule has 0 aromatic heterocycles. The largest absolute Gasteiger partial charge is 0.370 e. The highest BCUT2D eigenvalue weighted by molar-refractivity contribution is 5.74. The summed E-state index contributed by atoms with van der Waals surface area (Å²) in [6.45, 7) is 20.8. The van der Waals surface area contributed by atoms with Crippen molar-refractivity contribution >= 4 is 23.6 Å². The van der Waals surface area contributed by atoms with Crippen LogP contribution in [0.15, 0.2) is 26.3 Å². The van der Waals surface area contributed by atoms with Gasteiger partial charge in [0.05, 0.1) is 0 Å². The van der Waals surface area contributed by atoms with Crippen molar-refractivity contribution in [1.29, 1.82) is 0 Å². The predicted molar refractivity (Wildman–Crippen MR) is 211 cm³/mol. The lowest BCUT2D eigenvalue weighted by atomic mass is 10.1. The van der Waals surface area contributed by atoms with Gasteiger partial charge in [-0.2, -0.15) is 0 Å². The second-order valence-corrected chi connectivity index (χ2v) is 11.9. The lowest BCUT2D eigenvalue weighted by Gasteiger charge is -1.98. The summed E-state index contributed by atoms with van der Waals surface area (Å²) in [6, 6.07) is 0. The van der Waals surface area contributed by atoms with E-state index in [0.29, 0.717) is 25.7 Å². The van der Waals surface area contributed by atoms with Crippen molar-refractivity contribution < 1.29 is 19.2 Å². The van der Waals surface area contributed by atoms with Crippen LogP contribution in [0.2, 0.25) is 0 Å². The van der Waals surface area contributed by atoms with Crippen LogP contribution in [0.1, 0.15) is 207 Å². The first-order valence-electron chi connectivity index (χ1n) is 19.2. The minimum atomic E-state index is -0.170. The molecule has 288 valence electrons. The molecule has 8 N–H and O–H groups in total. The first-order valence-corrected chi connectivity index (χ1v) is 19.2. The van der Waals surface area contributed by atoms with Crippen LogP contribution in [0.5, 0.6) is 0 Å². The molecule has 0 rings (SSSR count).